The molecule has 0 atom stereocenters. The molecular formula is H3BCaF4Li-. The van der Waals surface area contributed by atoms with Gasteiger partial charge in [0, 0.05) is 0 Å². The molecule has 0 aromatic rings. The third-order valence-electron chi connectivity index (χ3n) is 0. The van der Waals surface area contributed by atoms with Crippen LogP contribution in [0.5, 0.6) is 0 Å². The fraction of sp³-hybridized carbons (Fsp3) is 0. The van der Waals surface area contributed by atoms with Gasteiger partial charge < -0.3 is 21.5 Å². The van der Waals surface area contributed by atoms with E-state index in [9.17, 15) is 17.3 Å². The Balaban J connectivity index is -0.00000000800. The van der Waals surface area contributed by atoms with Gasteiger partial charge in [0.25, 0.3) is 0 Å². The molecule has 0 fully saturated rings. The summed E-state index contributed by atoms with van der Waals surface area (Å²) in [7, 11) is -6.00. The predicted octanol–water partition coefficient (Wildman–Crippen LogP) is -1.74. The molecule has 0 N–H and O–H groups in total. The first-order chi connectivity index (χ1) is 2.00. The summed E-state index contributed by atoms with van der Waals surface area (Å²) in [5, 5.41) is 0. The molecule has 38 valence electrons. The third kappa shape index (κ3) is 90.2. The molecule has 7 heavy (non-hydrogen) atoms. The monoisotopic (exact) mass is 137 g/mol. The zero-order valence-corrected chi connectivity index (χ0v) is 6.00. The van der Waals surface area contributed by atoms with Crippen molar-refractivity contribution >= 4 is 45.0 Å². The second-order valence-corrected chi connectivity index (χ2v) is 0.495. The fourth-order valence-electron chi connectivity index (χ4n) is 0. The van der Waals surface area contributed by atoms with Crippen molar-refractivity contribution in [1.29, 1.82) is 0 Å². The van der Waals surface area contributed by atoms with Crippen LogP contribution >= 0.6 is 0 Å². The molecule has 0 heterocycles. The first kappa shape index (κ1) is 15.9. The molecule has 0 radical (unpaired) electrons. The van der Waals surface area contributed by atoms with Crippen molar-refractivity contribution in [3.8, 4) is 0 Å². The van der Waals surface area contributed by atoms with Crippen LogP contribution in [0.15, 0.2) is 0 Å². The summed E-state index contributed by atoms with van der Waals surface area (Å²) >= 11 is 0. The second-order valence-electron chi connectivity index (χ2n) is 0.495. The quantitative estimate of drug-likeness (QED) is 0.274. The molecule has 0 aliphatic carbocycles. The summed E-state index contributed by atoms with van der Waals surface area (Å²) in [4.78, 5) is 0. The van der Waals surface area contributed by atoms with Gasteiger partial charge in [-0.1, -0.05) is 0 Å². The van der Waals surface area contributed by atoms with E-state index in [1.54, 1.807) is 0 Å². The van der Waals surface area contributed by atoms with Gasteiger partial charge >= 0.3 is 63.9 Å². The Bertz CT molecular complexity index is 36.0. The molecule has 0 saturated heterocycles. The van der Waals surface area contributed by atoms with Crippen molar-refractivity contribution in [2.45, 2.75) is 0 Å². The Hall–Kier alpha value is 1.64. The van der Waals surface area contributed by atoms with E-state index in [2.05, 4.69) is 0 Å². The number of hydrogen-bond acceptors (Lipinski definition) is 0. The van der Waals surface area contributed by atoms with Crippen molar-refractivity contribution in [3.63, 3.8) is 0 Å². The Kier molecular flexibility index (Phi) is 13.1. The number of hydrogen-bond donors (Lipinski definition) is 0. The van der Waals surface area contributed by atoms with Gasteiger partial charge in [-0.2, -0.15) is 0 Å². The van der Waals surface area contributed by atoms with Crippen LogP contribution in [-0.4, -0.2) is 45.0 Å². The van der Waals surface area contributed by atoms with Crippen LogP contribution in [-0.2, 0) is 0 Å². The van der Waals surface area contributed by atoms with Gasteiger partial charge in [0.1, 0.15) is 0 Å². The summed E-state index contributed by atoms with van der Waals surface area (Å²) < 4.78 is 39.0. The van der Waals surface area contributed by atoms with Gasteiger partial charge in [-0.15, -0.1) is 0 Å². The van der Waals surface area contributed by atoms with Crippen LogP contribution in [0, 0.1) is 0 Å². The van der Waals surface area contributed by atoms with E-state index in [1.807, 2.05) is 0 Å². The van der Waals surface area contributed by atoms with Crippen LogP contribution in [0.2, 0.25) is 0 Å². The van der Waals surface area contributed by atoms with E-state index in [4.69, 9.17) is 0 Å². The van der Waals surface area contributed by atoms with Crippen LogP contribution in [0.25, 0.3) is 0 Å². The Morgan fingerprint density at radius 3 is 1.00 bits per heavy atom. The standard InChI is InChI=1S/BF4.Ca.Li.3H/c2-1(3,4)5;;;;;/q-1;+2;+1;3*-1. The Morgan fingerprint density at radius 1 is 1.00 bits per heavy atom. The molecule has 0 unspecified atom stereocenters. The molecule has 0 aromatic carbocycles. The first-order valence-electron chi connectivity index (χ1n) is 0.873. The Morgan fingerprint density at radius 2 is 1.00 bits per heavy atom. The van der Waals surface area contributed by atoms with E-state index in [-0.39, 0.29) is 60.9 Å². The maximum atomic E-state index is 9.75. The SMILES string of the molecule is F[B-](F)(F)F.[Ca+2].[H-].[H-].[H-].[Li+]. The predicted molar refractivity (Wildman–Crippen MR) is 19.3 cm³/mol. The van der Waals surface area contributed by atoms with Crippen LogP contribution in [0.4, 0.5) is 17.3 Å². The smallest absolute Gasteiger partial charge is 1.00 e. The average Bonchev–Trinajstić information content (AvgIpc) is 0.722. The van der Waals surface area contributed by atoms with E-state index in [0.29, 0.717) is 0 Å². The summed E-state index contributed by atoms with van der Waals surface area (Å²) in [6, 6.07) is 0. The Labute approximate surface area is 84.8 Å². The number of rotatable bonds is 0. The van der Waals surface area contributed by atoms with E-state index >= 15 is 0 Å². The minimum atomic E-state index is -6.00. The molecule has 0 saturated carbocycles. The van der Waals surface area contributed by atoms with Crippen molar-refractivity contribution in [3.05, 3.63) is 0 Å². The number of halogens is 4. The molecule has 0 amide bonds. The molecule has 0 nitrogen and oxygen atoms in total. The van der Waals surface area contributed by atoms with Gasteiger partial charge in [-0.25, -0.2) is 0 Å². The van der Waals surface area contributed by atoms with Crippen LogP contribution in [0.1, 0.15) is 4.28 Å². The zero-order valence-electron chi connectivity index (χ0n) is 6.80. The molecule has 0 rings (SSSR count). The van der Waals surface area contributed by atoms with Crippen molar-refractivity contribution < 1.29 is 40.4 Å². The van der Waals surface area contributed by atoms with Crippen LogP contribution < -0.4 is 18.9 Å². The molecular weight excluding hydrogens is 134 g/mol. The normalized spacial score (nSPS) is 8.57. The van der Waals surface area contributed by atoms with Gasteiger partial charge in [0.15, 0.2) is 0 Å². The van der Waals surface area contributed by atoms with E-state index in [0.717, 1.165) is 0 Å². The maximum Gasteiger partial charge on any atom is 2.00 e. The van der Waals surface area contributed by atoms with E-state index in [1.165, 1.54) is 0 Å². The van der Waals surface area contributed by atoms with Crippen molar-refractivity contribution in [2.75, 3.05) is 0 Å². The maximum absolute atomic E-state index is 9.75. The molecule has 7 heteroatoms. The van der Waals surface area contributed by atoms with Gasteiger partial charge in [0.05, 0.1) is 0 Å². The topological polar surface area (TPSA) is 0 Å². The van der Waals surface area contributed by atoms with Gasteiger partial charge in [0.2, 0.25) is 0 Å². The molecule has 0 aliphatic heterocycles. The molecule has 0 spiro atoms. The zero-order chi connectivity index (χ0) is 4.50. The second kappa shape index (κ2) is 5.77. The molecule has 0 aliphatic rings. The van der Waals surface area contributed by atoms with Gasteiger partial charge in [-0.05, 0) is 0 Å². The summed E-state index contributed by atoms with van der Waals surface area (Å²) in [6.45, 7) is 0. The molecule has 0 bridgehead atoms. The minimum Gasteiger partial charge on any atom is -1.00 e. The van der Waals surface area contributed by atoms with Crippen LogP contribution in [0.3, 0.4) is 0 Å². The van der Waals surface area contributed by atoms with Gasteiger partial charge in [-0.3, -0.25) is 0 Å². The van der Waals surface area contributed by atoms with Crippen molar-refractivity contribution in [1.82, 2.24) is 0 Å². The summed E-state index contributed by atoms with van der Waals surface area (Å²) in [5.41, 5.74) is 0. The largest absolute Gasteiger partial charge is 2.00 e. The van der Waals surface area contributed by atoms with E-state index < -0.39 is 7.25 Å². The first-order valence-corrected chi connectivity index (χ1v) is 0.873. The third-order valence-corrected chi connectivity index (χ3v) is 0. The average molecular weight is 137 g/mol. The minimum absolute atomic E-state index is 0. The van der Waals surface area contributed by atoms with Crippen molar-refractivity contribution in [2.24, 2.45) is 0 Å². The molecule has 0 aromatic heterocycles. The fourth-order valence-corrected chi connectivity index (χ4v) is 0. The summed E-state index contributed by atoms with van der Waals surface area (Å²) in [5.74, 6) is 0. The summed E-state index contributed by atoms with van der Waals surface area (Å²) in [6.07, 6.45) is 0.